The van der Waals surface area contributed by atoms with Crippen molar-refractivity contribution in [2.45, 2.75) is 58.9 Å². The number of aryl methyl sites for hydroxylation is 1. The molecule has 1 rings (SSSR count). The lowest BCUT2D eigenvalue weighted by atomic mass is 10.00. The van der Waals surface area contributed by atoms with Crippen LogP contribution in [0, 0.1) is 12.8 Å². The molecule has 1 N–H and O–H groups in total. The highest BCUT2D eigenvalue weighted by Crippen LogP contribution is 2.21. The van der Waals surface area contributed by atoms with Gasteiger partial charge in [0.15, 0.2) is 0 Å². The predicted octanol–water partition coefficient (Wildman–Crippen LogP) is 4.49. The highest BCUT2D eigenvalue weighted by molar-refractivity contribution is 6.76. The molecule has 0 saturated heterocycles. The molecule has 1 aromatic rings. The number of hydrogen-bond acceptors (Lipinski definition) is 1. The number of benzene rings is 1. The second kappa shape index (κ2) is 7.25. The normalized spacial score (nSPS) is 13.8. The minimum atomic E-state index is -0.997. The molecule has 1 atom stereocenters. The van der Waals surface area contributed by atoms with Crippen LogP contribution in [0.2, 0.25) is 25.7 Å². The maximum atomic E-state index is 3.62. The molecule has 0 amide bonds. The topological polar surface area (TPSA) is 12.0 Å². The van der Waals surface area contributed by atoms with Crippen LogP contribution in [0.3, 0.4) is 0 Å². The van der Waals surface area contributed by atoms with Crippen LogP contribution >= 0.6 is 0 Å². The van der Waals surface area contributed by atoms with Crippen molar-refractivity contribution >= 4 is 8.07 Å². The summed E-state index contributed by atoms with van der Waals surface area (Å²) in [5.74, 6) is 0.775. The molecule has 0 bridgehead atoms. The lowest BCUT2D eigenvalue weighted by molar-refractivity contribution is 0.472. The van der Waals surface area contributed by atoms with E-state index in [1.807, 2.05) is 0 Å². The Bertz CT molecular complexity index is 362. The second-order valence-electron chi connectivity index (χ2n) is 7.38. The fraction of sp³-hybridized carbons (Fsp3) is 0.647. The van der Waals surface area contributed by atoms with E-state index in [1.165, 1.54) is 23.6 Å². The van der Waals surface area contributed by atoms with Gasteiger partial charge in [-0.25, -0.2) is 0 Å². The average molecular weight is 278 g/mol. The molecule has 0 aromatic heterocycles. The third-order valence-electron chi connectivity index (χ3n) is 3.36. The van der Waals surface area contributed by atoms with Crippen LogP contribution in [-0.2, 0) is 6.42 Å². The summed E-state index contributed by atoms with van der Waals surface area (Å²) < 4.78 is 0. The zero-order valence-electron chi connectivity index (χ0n) is 13.6. The van der Waals surface area contributed by atoms with Crippen LogP contribution in [0.25, 0.3) is 0 Å². The Hall–Kier alpha value is -0.603. The van der Waals surface area contributed by atoms with Gasteiger partial charge in [0.25, 0.3) is 0 Å². The Morgan fingerprint density at radius 1 is 1.05 bits per heavy atom. The molecule has 2 heteroatoms. The van der Waals surface area contributed by atoms with E-state index in [2.05, 4.69) is 70.0 Å². The van der Waals surface area contributed by atoms with Gasteiger partial charge in [0.1, 0.15) is 0 Å². The summed E-state index contributed by atoms with van der Waals surface area (Å²) >= 11 is 0. The molecule has 0 heterocycles. The van der Waals surface area contributed by atoms with Gasteiger partial charge in [0.05, 0.1) is 0 Å². The Morgan fingerprint density at radius 2 is 1.63 bits per heavy atom. The molecule has 1 nitrogen and oxygen atoms in total. The van der Waals surface area contributed by atoms with Crippen LogP contribution in [-0.4, -0.2) is 20.7 Å². The first-order valence-electron chi connectivity index (χ1n) is 7.55. The van der Waals surface area contributed by atoms with E-state index in [0.29, 0.717) is 6.04 Å². The maximum Gasteiger partial charge on any atom is 0.0446 e. The smallest absolute Gasteiger partial charge is 0.0446 e. The largest absolute Gasteiger partial charge is 0.314 e. The Morgan fingerprint density at radius 3 is 2.11 bits per heavy atom. The molecular weight excluding hydrogens is 246 g/mol. The molecule has 0 aliphatic rings. The lowest BCUT2D eigenvalue weighted by Gasteiger charge is -2.26. The lowest BCUT2D eigenvalue weighted by Crippen LogP contribution is -2.34. The van der Waals surface area contributed by atoms with Gasteiger partial charge in [-0.15, -0.1) is 0 Å². The Balaban J connectivity index is 2.64. The van der Waals surface area contributed by atoms with Gasteiger partial charge < -0.3 is 5.32 Å². The number of hydrogen-bond donors (Lipinski definition) is 1. The third kappa shape index (κ3) is 7.53. The highest BCUT2D eigenvalue weighted by atomic mass is 28.3. The van der Waals surface area contributed by atoms with E-state index in [4.69, 9.17) is 0 Å². The van der Waals surface area contributed by atoms with Crippen LogP contribution in [0.5, 0.6) is 0 Å². The summed E-state index contributed by atoms with van der Waals surface area (Å²) in [6.45, 7) is 15.2. The molecule has 0 spiro atoms. The molecule has 0 aliphatic heterocycles. The van der Waals surface area contributed by atoms with Crippen molar-refractivity contribution in [3.8, 4) is 0 Å². The first-order chi connectivity index (χ1) is 8.76. The standard InChI is InChI=1S/C17H31NSi/c1-14(2)18-12-17(13-19(4,5)6)11-16-9-7-15(3)8-10-16/h7-10,14,17-18H,11-13H2,1-6H3. The third-order valence-corrected chi connectivity index (χ3v) is 5.16. The van der Waals surface area contributed by atoms with Crippen molar-refractivity contribution < 1.29 is 0 Å². The quantitative estimate of drug-likeness (QED) is 0.724. The van der Waals surface area contributed by atoms with Crippen molar-refractivity contribution in [3.63, 3.8) is 0 Å². The summed E-state index contributed by atoms with van der Waals surface area (Å²) in [6, 6.07) is 11.0. The zero-order valence-corrected chi connectivity index (χ0v) is 14.6. The molecule has 19 heavy (non-hydrogen) atoms. The Kier molecular flexibility index (Phi) is 6.28. The van der Waals surface area contributed by atoms with E-state index in [0.717, 1.165) is 12.5 Å². The molecule has 0 saturated carbocycles. The molecule has 0 aliphatic carbocycles. The van der Waals surface area contributed by atoms with Crippen LogP contribution in [0.4, 0.5) is 0 Å². The first kappa shape index (κ1) is 16.5. The minimum absolute atomic E-state index is 0.585. The summed E-state index contributed by atoms with van der Waals surface area (Å²) in [5.41, 5.74) is 2.84. The molecule has 0 radical (unpaired) electrons. The Labute approximate surface area is 120 Å². The maximum absolute atomic E-state index is 3.62. The van der Waals surface area contributed by atoms with E-state index in [1.54, 1.807) is 0 Å². The molecule has 1 aromatic carbocycles. The first-order valence-corrected chi connectivity index (χ1v) is 11.3. The van der Waals surface area contributed by atoms with Gasteiger partial charge in [-0.2, -0.15) is 0 Å². The van der Waals surface area contributed by atoms with Crippen LogP contribution in [0.1, 0.15) is 25.0 Å². The average Bonchev–Trinajstić information content (AvgIpc) is 2.27. The van der Waals surface area contributed by atoms with Crippen LogP contribution < -0.4 is 5.32 Å². The van der Waals surface area contributed by atoms with Crippen molar-refractivity contribution in [2.24, 2.45) is 5.92 Å². The van der Waals surface area contributed by atoms with Crippen molar-refractivity contribution in [1.29, 1.82) is 0 Å². The number of nitrogens with one attached hydrogen (secondary N) is 1. The second-order valence-corrected chi connectivity index (χ2v) is 12.9. The van der Waals surface area contributed by atoms with E-state index >= 15 is 0 Å². The fourth-order valence-corrected chi connectivity index (χ4v) is 4.56. The summed E-state index contributed by atoms with van der Waals surface area (Å²) in [7, 11) is -0.997. The van der Waals surface area contributed by atoms with Gasteiger partial charge in [-0.3, -0.25) is 0 Å². The van der Waals surface area contributed by atoms with Gasteiger partial charge in [-0.05, 0) is 31.4 Å². The van der Waals surface area contributed by atoms with Crippen LogP contribution in [0.15, 0.2) is 24.3 Å². The van der Waals surface area contributed by atoms with Gasteiger partial charge in [-0.1, -0.05) is 69.4 Å². The summed E-state index contributed by atoms with van der Waals surface area (Å²) in [6.07, 6.45) is 1.21. The van der Waals surface area contributed by atoms with Gasteiger partial charge >= 0.3 is 0 Å². The molecule has 0 fully saturated rings. The van der Waals surface area contributed by atoms with Crippen molar-refractivity contribution in [2.75, 3.05) is 6.54 Å². The monoisotopic (exact) mass is 277 g/mol. The summed E-state index contributed by atoms with van der Waals surface area (Å²) in [5, 5.41) is 3.62. The van der Waals surface area contributed by atoms with E-state index in [-0.39, 0.29) is 0 Å². The fourth-order valence-electron chi connectivity index (χ4n) is 2.54. The van der Waals surface area contributed by atoms with E-state index < -0.39 is 8.07 Å². The minimum Gasteiger partial charge on any atom is -0.314 e. The van der Waals surface area contributed by atoms with Gasteiger partial charge in [0.2, 0.25) is 0 Å². The highest BCUT2D eigenvalue weighted by Gasteiger charge is 2.20. The van der Waals surface area contributed by atoms with E-state index in [9.17, 15) is 0 Å². The SMILES string of the molecule is Cc1ccc(CC(CNC(C)C)C[Si](C)(C)C)cc1. The zero-order chi connectivity index (χ0) is 14.5. The predicted molar refractivity (Wildman–Crippen MR) is 89.7 cm³/mol. The van der Waals surface area contributed by atoms with Crippen molar-refractivity contribution in [1.82, 2.24) is 5.32 Å². The van der Waals surface area contributed by atoms with Crippen molar-refractivity contribution in [3.05, 3.63) is 35.4 Å². The number of rotatable bonds is 7. The molecular formula is C17H31NSi. The molecule has 1 unspecified atom stereocenters. The molecule has 108 valence electrons. The van der Waals surface area contributed by atoms with Gasteiger partial charge in [0, 0.05) is 14.1 Å². The summed E-state index contributed by atoms with van der Waals surface area (Å²) in [4.78, 5) is 0.